The van der Waals surface area contributed by atoms with E-state index in [9.17, 15) is 5.11 Å². The van der Waals surface area contributed by atoms with Crippen LogP contribution in [0.2, 0.25) is 0 Å². The van der Waals surface area contributed by atoms with Crippen molar-refractivity contribution < 1.29 is 5.11 Å². The highest BCUT2D eigenvalue weighted by Gasteiger charge is 2.20. The van der Waals surface area contributed by atoms with Crippen LogP contribution in [0.15, 0.2) is 24.3 Å². The van der Waals surface area contributed by atoms with E-state index in [2.05, 4.69) is 0 Å². The predicted octanol–water partition coefficient (Wildman–Crippen LogP) is 1.55. The summed E-state index contributed by atoms with van der Waals surface area (Å²) in [6, 6.07) is 0. The molecule has 2 heteroatoms. The Morgan fingerprint density at radius 1 is 1.56 bits per heavy atom. The quantitative estimate of drug-likeness (QED) is 0.561. The van der Waals surface area contributed by atoms with Crippen LogP contribution in [-0.2, 0) is 0 Å². The molecule has 9 heavy (non-hydrogen) atoms. The van der Waals surface area contributed by atoms with Gasteiger partial charge in [-0.1, -0.05) is 18.2 Å². The van der Waals surface area contributed by atoms with Crippen molar-refractivity contribution in [3.8, 4) is 0 Å². The Balaban J connectivity index is 2.63. The summed E-state index contributed by atoms with van der Waals surface area (Å²) < 4.78 is 0. The van der Waals surface area contributed by atoms with Crippen LogP contribution in [0.1, 0.15) is 6.42 Å². The minimum Gasteiger partial charge on any atom is -0.376 e. The van der Waals surface area contributed by atoms with Gasteiger partial charge in [0.05, 0.1) is 0 Å². The Hall–Kier alpha value is -0.210. The molecule has 0 aromatic rings. The van der Waals surface area contributed by atoms with Gasteiger partial charge in [-0.05, 0) is 12.3 Å². The molecule has 0 bridgehead atoms. The van der Waals surface area contributed by atoms with Gasteiger partial charge < -0.3 is 5.11 Å². The van der Waals surface area contributed by atoms with Crippen molar-refractivity contribution in [2.45, 2.75) is 11.4 Å². The van der Waals surface area contributed by atoms with Gasteiger partial charge in [0, 0.05) is 6.42 Å². The third-order valence-electron chi connectivity index (χ3n) is 1.37. The van der Waals surface area contributed by atoms with Crippen LogP contribution < -0.4 is 0 Å². The van der Waals surface area contributed by atoms with Crippen LogP contribution in [0, 0.1) is 0 Å². The zero-order chi connectivity index (χ0) is 6.74. The van der Waals surface area contributed by atoms with E-state index in [1.165, 1.54) is 11.8 Å². The van der Waals surface area contributed by atoms with Crippen molar-refractivity contribution >= 4 is 11.8 Å². The first-order chi connectivity index (χ1) is 4.27. The molecule has 1 N–H and O–H groups in total. The number of allylic oxidation sites excluding steroid dienone is 2. The van der Waals surface area contributed by atoms with Crippen molar-refractivity contribution in [2.75, 3.05) is 6.26 Å². The summed E-state index contributed by atoms with van der Waals surface area (Å²) in [5.41, 5.74) is 0. The summed E-state index contributed by atoms with van der Waals surface area (Å²) >= 11 is 1.47. The van der Waals surface area contributed by atoms with Crippen molar-refractivity contribution in [1.82, 2.24) is 0 Å². The number of hydrogen-bond donors (Lipinski definition) is 1. The van der Waals surface area contributed by atoms with E-state index in [1.807, 2.05) is 30.6 Å². The van der Waals surface area contributed by atoms with Gasteiger partial charge in [0.1, 0.15) is 4.93 Å². The first-order valence-electron chi connectivity index (χ1n) is 2.89. The van der Waals surface area contributed by atoms with Crippen LogP contribution >= 0.6 is 11.8 Å². The lowest BCUT2D eigenvalue weighted by Gasteiger charge is -2.21. The molecule has 0 radical (unpaired) electrons. The lowest BCUT2D eigenvalue weighted by atomic mass is 10.1. The molecule has 1 rings (SSSR count). The Morgan fingerprint density at radius 3 is 2.67 bits per heavy atom. The first-order valence-corrected chi connectivity index (χ1v) is 4.11. The number of aliphatic hydroxyl groups is 1. The van der Waals surface area contributed by atoms with Crippen LogP contribution in [0.5, 0.6) is 0 Å². The molecule has 1 aliphatic rings. The summed E-state index contributed by atoms with van der Waals surface area (Å²) in [5, 5.41) is 9.50. The molecule has 1 aliphatic carbocycles. The standard InChI is InChI=1S/C7H10OS/c1-9-7(8)5-3-2-4-6-7/h2-5,8H,6H2,1H3. The number of hydrogen-bond acceptors (Lipinski definition) is 2. The fraction of sp³-hybridized carbons (Fsp3) is 0.429. The highest BCUT2D eigenvalue weighted by molar-refractivity contribution is 7.99. The molecule has 0 saturated carbocycles. The van der Waals surface area contributed by atoms with Crippen LogP contribution in [0.25, 0.3) is 0 Å². The van der Waals surface area contributed by atoms with Crippen LogP contribution in [-0.4, -0.2) is 16.3 Å². The molecule has 1 nitrogen and oxygen atoms in total. The van der Waals surface area contributed by atoms with Gasteiger partial charge in [0.15, 0.2) is 0 Å². The molecule has 1 unspecified atom stereocenters. The SMILES string of the molecule is CSC1(O)C=CC=CC1. The Labute approximate surface area is 59.5 Å². The van der Waals surface area contributed by atoms with Gasteiger partial charge in [-0.2, -0.15) is 0 Å². The van der Waals surface area contributed by atoms with Crippen molar-refractivity contribution in [1.29, 1.82) is 0 Å². The first kappa shape index (κ1) is 6.90. The van der Waals surface area contributed by atoms with E-state index in [4.69, 9.17) is 0 Å². The van der Waals surface area contributed by atoms with Crippen molar-refractivity contribution in [3.05, 3.63) is 24.3 Å². The normalized spacial score (nSPS) is 33.1. The number of rotatable bonds is 1. The summed E-state index contributed by atoms with van der Waals surface area (Å²) in [7, 11) is 0. The van der Waals surface area contributed by atoms with E-state index >= 15 is 0 Å². The third-order valence-corrected chi connectivity index (χ3v) is 2.38. The largest absolute Gasteiger partial charge is 0.376 e. The average molecular weight is 142 g/mol. The maximum Gasteiger partial charge on any atom is 0.132 e. The van der Waals surface area contributed by atoms with Crippen molar-refractivity contribution in [3.63, 3.8) is 0 Å². The molecule has 0 aromatic heterocycles. The zero-order valence-electron chi connectivity index (χ0n) is 5.37. The fourth-order valence-corrected chi connectivity index (χ4v) is 1.22. The van der Waals surface area contributed by atoms with E-state index in [-0.39, 0.29) is 0 Å². The molecule has 0 spiro atoms. The minimum absolute atomic E-state index is 0.630. The average Bonchev–Trinajstić information content (AvgIpc) is 1.90. The zero-order valence-corrected chi connectivity index (χ0v) is 6.19. The molecule has 0 aliphatic heterocycles. The second-order valence-corrected chi connectivity index (χ2v) is 3.16. The van der Waals surface area contributed by atoms with E-state index in [0.717, 1.165) is 6.42 Å². The lowest BCUT2D eigenvalue weighted by molar-refractivity contribution is 0.190. The van der Waals surface area contributed by atoms with Gasteiger partial charge >= 0.3 is 0 Å². The Morgan fingerprint density at radius 2 is 2.33 bits per heavy atom. The van der Waals surface area contributed by atoms with Gasteiger partial charge in [-0.25, -0.2) is 0 Å². The predicted molar refractivity (Wildman–Crippen MR) is 41.4 cm³/mol. The second kappa shape index (κ2) is 2.58. The molecule has 50 valence electrons. The maximum atomic E-state index is 9.50. The smallest absolute Gasteiger partial charge is 0.132 e. The summed E-state index contributed by atoms with van der Waals surface area (Å²) in [6.07, 6.45) is 10.2. The Kier molecular flexibility index (Phi) is 1.98. The van der Waals surface area contributed by atoms with Crippen molar-refractivity contribution in [2.24, 2.45) is 0 Å². The van der Waals surface area contributed by atoms with Crippen LogP contribution in [0.4, 0.5) is 0 Å². The Bertz CT molecular complexity index is 151. The van der Waals surface area contributed by atoms with Gasteiger partial charge in [0.2, 0.25) is 0 Å². The summed E-state index contributed by atoms with van der Waals surface area (Å²) in [4.78, 5) is -0.630. The molecule has 1 atom stereocenters. The fourth-order valence-electron chi connectivity index (χ4n) is 0.741. The van der Waals surface area contributed by atoms with E-state index in [0.29, 0.717) is 0 Å². The monoisotopic (exact) mass is 142 g/mol. The van der Waals surface area contributed by atoms with Gasteiger partial charge in [-0.15, -0.1) is 11.8 Å². The lowest BCUT2D eigenvalue weighted by Crippen LogP contribution is -2.20. The maximum absolute atomic E-state index is 9.50. The third kappa shape index (κ3) is 1.60. The van der Waals surface area contributed by atoms with Gasteiger partial charge in [-0.3, -0.25) is 0 Å². The summed E-state index contributed by atoms with van der Waals surface area (Å²) in [5.74, 6) is 0. The molecular weight excluding hydrogens is 132 g/mol. The van der Waals surface area contributed by atoms with E-state index < -0.39 is 4.93 Å². The molecule has 0 amide bonds. The topological polar surface area (TPSA) is 20.2 Å². The number of thioether (sulfide) groups is 1. The highest BCUT2D eigenvalue weighted by Crippen LogP contribution is 2.27. The highest BCUT2D eigenvalue weighted by atomic mass is 32.2. The molecule has 0 aromatic carbocycles. The van der Waals surface area contributed by atoms with Gasteiger partial charge in [0.25, 0.3) is 0 Å². The molecular formula is C7H10OS. The van der Waals surface area contributed by atoms with E-state index in [1.54, 1.807) is 0 Å². The molecule has 0 fully saturated rings. The summed E-state index contributed by atoms with van der Waals surface area (Å²) in [6.45, 7) is 0. The minimum atomic E-state index is -0.630. The molecule has 0 saturated heterocycles. The molecule has 0 heterocycles. The van der Waals surface area contributed by atoms with Crippen LogP contribution in [0.3, 0.4) is 0 Å². The second-order valence-electron chi connectivity index (χ2n) is 2.04.